The number of carbonyl (C=O) groups excluding carboxylic acids is 1. The molecule has 1 saturated heterocycles. The molecule has 0 saturated carbocycles. The maximum Gasteiger partial charge on any atom is 0.257 e. The zero-order chi connectivity index (χ0) is 13.7. The van der Waals surface area contributed by atoms with Crippen molar-refractivity contribution in [3.05, 3.63) is 29.8 Å². The molecule has 1 atom stereocenters. The van der Waals surface area contributed by atoms with Crippen LogP contribution in [0.3, 0.4) is 0 Å². The van der Waals surface area contributed by atoms with Crippen molar-refractivity contribution in [2.75, 3.05) is 26.7 Å². The standard InChI is InChI=1S/C15H22N2O2.ClH/c1-3-19-14-9-5-4-8-13(14)15(18)17-10-6-7-12(11-17)16-2;/h4-5,8-9,12,16H,3,6-7,10-11H2,1-2H3;1H. The van der Waals surface area contributed by atoms with E-state index in [1.165, 1.54) is 0 Å². The molecule has 2 rings (SSSR count). The van der Waals surface area contributed by atoms with Crippen molar-refractivity contribution in [2.45, 2.75) is 25.8 Å². The van der Waals surface area contributed by atoms with E-state index in [1.807, 2.05) is 43.1 Å². The number of hydrogen-bond donors (Lipinski definition) is 1. The zero-order valence-corrected chi connectivity index (χ0v) is 12.9. The molecule has 20 heavy (non-hydrogen) atoms. The van der Waals surface area contributed by atoms with Crippen LogP contribution >= 0.6 is 12.4 Å². The van der Waals surface area contributed by atoms with Crippen LogP contribution in [-0.4, -0.2) is 43.6 Å². The zero-order valence-electron chi connectivity index (χ0n) is 12.1. The molecule has 0 aliphatic carbocycles. The first kappa shape index (κ1) is 16.8. The molecule has 1 heterocycles. The fraction of sp³-hybridized carbons (Fsp3) is 0.533. The topological polar surface area (TPSA) is 41.6 Å². The molecule has 1 unspecified atom stereocenters. The van der Waals surface area contributed by atoms with Crippen molar-refractivity contribution in [1.29, 1.82) is 0 Å². The molecular formula is C15H23ClN2O2. The summed E-state index contributed by atoms with van der Waals surface area (Å²) < 4.78 is 5.54. The molecule has 1 aliphatic rings. The van der Waals surface area contributed by atoms with E-state index in [0.717, 1.165) is 25.9 Å². The lowest BCUT2D eigenvalue weighted by atomic mass is 10.0. The van der Waals surface area contributed by atoms with Crippen LogP contribution in [0.15, 0.2) is 24.3 Å². The van der Waals surface area contributed by atoms with Gasteiger partial charge in [-0.25, -0.2) is 0 Å². The number of likely N-dealkylation sites (N-methyl/N-ethyl adjacent to an activating group) is 1. The van der Waals surface area contributed by atoms with Crippen molar-refractivity contribution in [3.63, 3.8) is 0 Å². The van der Waals surface area contributed by atoms with Gasteiger partial charge >= 0.3 is 0 Å². The fourth-order valence-corrected chi connectivity index (χ4v) is 2.49. The molecular weight excluding hydrogens is 276 g/mol. The number of hydrogen-bond acceptors (Lipinski definition) is 3. The van der Waals surface area contributed by atoms with Crippen LogP contribution in [0.4, 0.5) is 0 Å². The number of carbonyl (C=O) groups is 1. The van der Waals surface area contributed by atoms with E-state index >= 15 is 0 Å². The average molecular weight is 299 g/mol. The minimum Gasteiger partial charge on any atom is -0.493 e. The molecule has 1 aromatic carbocycles. The summed E-state index contributed by atoms with van der Waals surface area (Å²) >= 11 is 0. The third-order valence-corrected chi connectivity index (χ3v) is 3.53. The SMILES string of the molecule is CCOc1ccccc1C(=O)N1CCCC(NC)C1.Cl. The minimum absolute atomic E-state index is 0. The highest BCUT2D eigenvalue weighted by Crippen LogP contribution is 2.21. The van der Waals surface area contributed by atoms with Gasteiger partial charge in [0.1, 0.15) is 5.75 Å². The molecule has 0 aromatic heterocycles. The monoisotopic (exact) mass is 298 g/mol. The van der Waals surface area contributed by atoms with Crippen molar-refractivity contribution in [3.8, 4) is 5.75 Å². The van der Waals surface area contributed by atoms with Crippen molar-refractivity contribution < 1.29 is 9.53 Å². The summed E-state index contributed by atoms with van der Waals surface area (Å²) in [6, 6.07) is 7.88. The lowest BCUT2D eigenvalue weighted by Gasteiger charge is -2.32. The Hall–Kier alpha value is -1.26. The predicted molar refractivity (Wildman–Crippen MR) is 82.8 cm³/mol. The number of nitrogens with zero attached hydrogens (tertiary/aromatic N) is 1. The van der Waals surface area contributed by atoms with Crippen LogP contribution in [0.2, 0.25) is 0 Å². The van der Waals surface area contributed by atoms with Gasteiger partial charge in [-0.3, -0.25) is 4.79 Å². The average Bonchev–Trinajstić information content (AvgIpc) is 2.47. The maximum absolute atomic E-state index is 12.6. The Balaban J connectivity index is 0.00000200. The van der Waals surface area contributed by atoms with Gasteiger partial charge in [-0.1, -0.05) is 12.1 Å². The van der Waals surface area contributed by atoms with Crippen molar-refractivity contribution >= 4 is 18.3 Å². The molecule has 4 nitrogen and oxygen atoms in total. The Bertz CT molecular complexity index is 440. The Morgan fingerprint density at radius 1 is 1.45 bits per heavy atom. The number of nitrogens with one attached hydrogen (secondary N) is 1. The molecule has 0 bridgehead atoms. The van der Waals surface area contributed by atoms with Crippen molar-refractivity contribution in [2.24, 2.45) is 0 Å². The molecule has 1 aromatic rings. The second-order valence-electron chi connectivity index (χ2n) is 4.81. The van der Waals surface area contributed by atoms with Crippen LogP contribution in [-0.2, 0) is 0 Å². The van der Waals surface area contributed by atoms with Gasteiger partial charge in [0.2, 0.25) is 0 Å². The molecule has 0 spiro atoms. The lowest BCUT2D eigenvalue weighted by molar-refractivity contribution is 0.0694. The van der Waals surface area contributed by atoms with Gasteiger partial charge in [0, 0.05) is 19.1 Å². The summed E-state index contributed by atoms with van der Waals surface area (Å²) in [5.41, 5.74) is 0.668. The largest absolute Gasteiger partial charge is 0.493 e. The molecule has 112 valence electrons. The van der Waals surface area contributed by atoms with E-state index in [0.29, 0.717) is 24.0 Å². The van der Waals surface area contributed by atoms with Gasteiger partial charge in [-0.15, -0.1) is 12.4 Å². The number of rotatable bonds is 4. The van der Waals surface area contributed by atoms with Crippen LogP contribution in [0.1, 0.15) is 30.1 Å². The van der Waals surface area contributed by atoms with Gasteiger partial charge in [0.15, 0.2) is 0 Å². The molecule has 1 fully saturated rings. The van der Waals surface area contributed by atoms with E-state index in [9.17, 15) is 4.79 Å². The van der Waals surface area contributed by atoms with E-state index < -0.39 is 0 Å². The Kier molecular flexibility index (Phi) is 6.82. The molecule has 1 aliphatic heterocycles. The van der Waals surface area contributed by atoms with E-state index in [2.05, 4.69) is 5.32 Å². The Morgan fingerprint density at radius 3 is 2.90 bits per heavy atom. The quantitative estimate of drug-likeness (QED) is 0.927. The molecule has 5 heteroatoms. The minimum atomic E-state index is 0. The lowest BCUT2D eigenvalue weighted by Crippen LogP contribution is -2.47. The summed E-state index contributed by atoms with van der Waals surface area (Å²) in [4.78, 5) is 14.5. The van der Waals surface area contributed by atoms with Crippen LogP contribution in [0.25, 0.3) is 0 Å². The van der Waals surface area contributed by atoms with Crippen LogP contribution in [0.5, 0.6) is 5.75 Å². The number of ether oxygens (including phenoxy) is 1. The third-order valence-electron chi connectivity index (χ3n) is 3.53. The van der Waals surface area contributed by atoms with Crippen molar-refractivity contribution in [1.82, 2.24) is 10.2 Å². The number of likely N-dealkylation sites (tertiary alicyclic amines) is 1. The van der Waals surface area contributed by atoms with E-state index in [4.69, 9.17) is 4.74 Å². The van der Waals surface area contributed by atoms with Gasteiger partial charge in [-0.2, -0.15) is 0 Å². The summed E-state index contributed by atoms with van der Waals surface area (Å²) in [5.74, 6) is 0.755. The van der Waals surface area contributed by atoms with Crippen LogP contribution < -0.4 is 10.1 Å². The molecule has 1 amide bonds. The Labute approximate surface area is 126 Å². The van der Waals surface area contributed by atoms with E-state index in [-0.39, 0.29) is 18.3 Å². The second kappa shape index (κ2) is 8.12. The number of piperidine rings is 1. The number of benzene rings is 1. The smallest absolute Gasteiger partial charge is 0.257 e. The number of halogens is 1. The first-order valence-electron chi connectivity index (χ1n) is 6.94. The maximum atomic E-state index is 12.6. The van der Waals surface area contributed by atoms with Gasteiger partial charge in [0.05, 0.1) is 12.2 Å². The first-order valence-corrected chi connectivity index (χ1v) is 6.94. The van der Waals surface area contributed by atoms with E-state index in [1.54, 1.807) is 0 Å². The normalized spacial score (nSPS) is 18.3. The summed E-state index contributed by atoms with van der Waals surface area (Å²) in [7, 11) is 1.95. The summed E-state index contributed by atoms with van der Waals surface area (Å²) in [5, 5.41) is 3.25. The first-order chi connectivity index (χ1) is 9.26. The highest BCUT2D eigenvalue weighted by Gasteiger charge is 2.25. The van der Waals surface area contributed by atoms with Gasteiger partial charge in [-0.05, 0) is 38.9 Å². The highest BCUT2D eigenvalue weighted by molar-refractivity contribution is 5.97. The summed E-state index contributed by atoms with van der Waals surface area (Å²) in [6.07, 6.45) is 2.18. The van der Waals surface area contributed by atoms with Crippen LogP contribution in [0, 0.1) is 0 Å². The number of para-hydroxylation sites is 1. The predicted octanol–water partition coefficient (Wildman–Crippen LogP) is 2.33. The second-order valence-corrected chi connectivity index (χ2v) is 4.81. The van der Waals surface area contributed by atoms with Gasteiger partial charge in [0.25, 0.3) is 5.91 Å². The third kappa shape index (κ3) is 3.87. The molecule has 1 N–H and O–H groups in total. The molecule has 0 radical (unpaired) electrons. The number of amides is 1. The Morgan fingerprint density at radius 2 is 2.20 bits per heavy atom. The summed E-state index contributed by atoms with van der Waals surface area (Å²) in [6.45, 7) is 4.11. The highest BCUT2D eigenvalue weighted by atomic mass is 35.5. The fourth-order valence-electron chi connectivity index (χ4n) is 2.49. The van der Waals surface area contributed by atoms with Gasteiger partial charge < -0.3 is 15.0 Å².